The van der Waals surface area contributed by atoms with Crippen molar-refractivity contribution in [3.8, 4) is 11.3 Å². The minimum Gasteiger partial charge on any atom is -0.339 e. The topological polar surface area (TPSA) is 71.1 Å². The van der Waals surface area contributed by atoms with Crippen molar-refractivity contribution in [1.82, 2.24) is 10.3 Å². The molecule has 1 atom stereocenters. The Morgan fingerprint density at radius 2 is 1.74 bits per heavy atom. The molecule has 0 fully saturated rings. The SMILES string of the molecule is Cc1nc(-c2ccc(NC(=O)C(Cc3ccccc3)NC(=O)c3cccs3)cc2)cs1. The van der Waals surface area contributed by atoms with Gasteiger partial charge in [0.05, 0.1) is 15.6 Å². The number of hydrogen-bond acceptors (Lipinski definition) is 5. The number of benzene rings is 2. The van der Waals surface area contributed by atoms with Crippen LogP contribution in [-0.2, 0) is 11.2 Å². The van der Waals surface area contributed by atoms with Crippen molar-refractivity contribution < 1.29 is 9.59 Å². The number of aromatic nitrogens is 1. The van der Waals surface area contributed by atoms with Gasteiger partial charge in [0, 0.05) is 23.1 Å². The second kappa shape index (κ2) is 9.68. The summed E-state index contributed by atoms with van der Waals surface area (Å²) in [6.07, 6.45) is 0.403. The highest BCUT2D eigenvalue weighted by molar-refractivity contribution is 7.12. The van der Waals surface area contributed by atoms with E-state index in [1.54, 1.807) is 17.4 Å². The van der Waals surface area contributed by atoms with E-state index in [-0.39, 0.29) is 11.8 Å². The minimum atomic E-state index is -0.696. The van der Waals surface area contributed by atoms with E-state index in [1.165, 1.54) is 11.3 Å². The highest BCUT2D eigenvalue weighted by atomic mass is 32.1. The molecule has 31 heavy (non-hydrogen) atoms. The Balaban J connectivity index is 1.48. The van der Waals surface area contributed by atoms with Gasteiger partial charge in [-0.15, -0.1) is 22.7 Å². The molecule has 5 nitrogen and oxygen atoms in total. The van der Waals surface area contributed by atoms with E-state index in [2.05, 4.69) is 15.6 Å². The summed E-state index contributed by atoms with van der Waals surface area (Å²) in [4.78, 5) is 30.7. The molecule has 2 heterocycles. The molecule has 0 aliphatic rings. The molecule has 0 saturated heterocycles. The fourth-order valence-electron chi connectivity index (χ4n) is 3.15. The standard InChI is InChI=1S/C24H21N3O2S2/c1-16-25-21(15-31-16)18-9-11-19(12-10-18)26-23(28)20(14-17-6-3-2-4-7-17)27-24(29)22-8-5-13-30-22/h2-13,15,20H,14H2,1H3,(H,26,28)(H,27,29). The summed E-state index contributed by atoms with van der Waals surface area (Å²) >= 11 is 2.95. The van der Waals surface area contributed by atoms with E-state index in [9.17, 15) is 9.59 Å². The van der Waals surface area contributed by atoms with Gasteiger partial charge in [-0.05, 0) is 36.1 Å². The van der Waals surface area contributed by atoms with Gasteiger partial charge in [-0.25, -0.2) is 4.98 Å². The number of aryl methyl sites for hydroxylation is 1. The summed E-state index contributed by atoms with van der Waals surface area (Å²) in [5.74, 6) is -0.508. The van der Waals surface area contributed by atoms with Crippen LogP contribution in [0.5, 0.6) is 0 Å². The van der Waals surface area contributed by atoms with Gasteiger partial charge in [-0.2, -0.15) is 0 Å². The first kappa shape index (κ1) is 21.0. The Morgan fingerprint density at radius 3 is 2.39 bits per heavy atom. The third-order valence-electron chi connectivity index (χ3n) is 4.72. The molecule has 0 spiro atoms. The molecule has 4 rings (SSSR count). The van der Waals surface area contributed by atoms with Crippen molar-refractivity contribution in [2.75, 3.05) is 5.32 Å². The average Bonchev–Trinajstić information content (AvgIpc) is 3.47. The van der Waals surface area contributed by atoms with E-state index in [0.717, 1.165) is 21.8 Å². The smallest absolute Gasteiger partial charge is 0.262 e. The van der Waals surface area contributed by atoms with Crippen LogP contribution in [0.2, 0.25) is 0 Å². The number of thiophene rings is 1. The molecular weight excluding hydrogens is 426 g/mol. The van der Waals surface area contributed by atoms with Crippen molar-refractivity contribution in [1.29, 1.82) is 0 Å². The molecule has 2 aromatic carbocycles. The average molecular weight is 448 g/mol. The number of nitrogens with zero attached hydrogens (tertiary/aromatic N) is 1. The molecule has 2 amide bonds. The first-order chi connectivity index (χ1) is 15.1. The molecule has 4 aromatic rings. The molecule has 0 aliphatic carbocycles. The monoisotopic (exact) mass is 447 g/mol. The number of nitrogens with one attached hydrogen (secondary N) is 2. The van der Waals surface area contributed by atoms with Crippen LogP contribution >= 0.6 is 22.7 Å². The summed E-state index contributed by atoms with van der Waals surface area (Å²) in [6, 6.07) is 20.1. The lowest BCUT2D eigenvalue weighted by molar-refractivity contribution is -0.118. The molecule has 0 saturated carbocycles. The van der Waals surface area contributed by atoms with Gasteiger partial charge in [0.1, 0.15) is 6.04 Å². The first-order valence-corrected chi connectivity index (χ1v) is 11.6. The maximum absolute atomic E-state index is 13.0. The lowest BCUT2D eigenvalue weighted by atomic mass is 10.0. The van der Waals surface area contributed by atoms with Crippen molar-refractivity contribution in [2.24, 2.45) is 0 Å². The predicted molar refractivity (Wildman–Crippen MR) is 127 cm³/mol. The molecule has 1 unspecified atom stereocenters. The number of hydrogen-bond donors (Lipinski definition) is 2. The Kier molecular flexibility index (Phi) is 6.54. The summed E-state index contributed by atoms with van der Waals surface area (Å²) in [5.41, 5.74) is 3.56. The van der Waals surface area contributed by atoms with E-state index < -0.39 is 6.04 Å². The van der Waals surface area contributed by atoms with Crippen LogP contribution in [0.1, 0.15) is 20.2 Å². The molecule has 2 aromatic heterocycles. The quantitative estimate of drug-likeness (QED) is 0.411. The molecule has 0 radical (unpaired) electrons. The van der Waals surface area contributed by atoms with Crippen LogP contribution in [0.3, 0.4) is 0 Å². The molecular formula is C24H21N3O2S2. The number of carbonyl (C=O) groups is 2. The van der Waals surface area contributed by atoms with E-state index in [0.29, 0.717) is 17.0 Å². The summed E-state index contributed by atoms with van der Waals surface area (Å²) in [7, 11) is 0. The second-order valence-electron chi connectivity index (χ2n) is 7.01. The number of rotatable bonds is 7. The zero-order valence-corrected chi connectivity index (χ0v) is 18.5. The van der Waals surface area contributed by atoms with Crippen molar-refractivity contribution in [3.63, 3.8) is 0 Å². The molecule has 0 bridgehead atoms. The molecule has 7 heteroatoms. The first-order valence-electron chi connectivity index (χ1n) is 9.80. The van der Waals surface area contributed by atoms with Crippen LogP contribution in [0.4, 0.5) is 5.69 Å². The second-order valence-corrected chi connectivity index (χ2v) is 9.02. The minimum absolute atomic E-state index is 0.250. The van der Waals surface area contributed by atoms with E-state index in [1.807, 2.05) is 78.3 Å². The van der Waals surface area contributed by atoms with Crippen LogP contribution in [0.15, 0.2) is 77.5 Å². The van der Waals surface area contributed by atoms with Crippen molar-refractivity contribution in [2.45, 2.75) is 19.4 Å². The van der Waals surface area contributed by atoms with Gasteiger partial charge >= 0.3 is 0 Å². The van der Waals surface area contributed by atoms with Gasteiger partial charge in [-0.3, -0.25) is 9.59 Å². The number of anilines is 1. The fourth-order valence-corrected chi connectivity index (χ4v) is 4.39. The van der Waals surface area contributed by atoms with Crippen LogP contribution in [-0.4, -0.2) is 22.8 Å². The van der Waals surface area contributed by atoms with E-state index in [4.69, 9.17) is 0 Å². The summed E-state index contributed by atoms with van der Waals surface area (Å²) in [6.45, 7) is 1.97. The van der Waals surface area contributed by atoms with Crippen molar-refractivity contribution >= 4 is 40.2 Å². The van der Waals surface area contributed by atoms with Crippen LogP contribution in [0.25, 0.3) is 11.3 Å². The van der Waals surface area contributed by atoms with Gasteiger partial charge in [0.2, 0.25) is 5.91 Å². The van der Waals surface area contributed by atoms with Gasteiger partial charge in [0.25, 0.3) is 5.91 Å². The zero-order valence-electron chi connectivity index (χ0n) is 16.9. The maximum Gasteiger partial charge on any atom is 0.262 e. The predicted octanol–water partition coefficient (Wildman–Crippen LogP) is 5.16. The third-order valence-corrected chi connectivity index (χ3v) is 6.36. The summed E-state index contributed by atoms with van der Waals surface area (Å²) in [5, 5.41) is 10.7. The third kappa shape index (κ3) is 5.45. The Hall–Kier alpha value is -3.29. The normalized spacial score (nSPS) is 11.6. The Bertz CT molecular complexity index is 1150. The maximum atomic E-state index is 13.0. The van der Waals surface area contributed by atoms with Gasteiger partial charge in [0.15, 0.2) is 0 Å². The largest absolute Gasteiger partial charge is 0.339 e. The van der Waals surface area contributed by atoms with Crippen LogP contribution in [0, 0.1) is 6.92 Å². The Morgan fingerprint density at radius 1 is 0.968 bits per heavy atom. The van der Waals surface area contributed by atoms with E-state index >= 15 is 0 Å². The zero-order chi connectivity index (χ0) is 21.6. The van der Waals surface area contributed by atoms with Gasteiger partial charge < -0.3 is 10.6 Å². The molecule has 156 valence electrons. The lowest BCUT2D eigenvalue weighted by Crippen LogP contribution is -2.45. The number of carbonyl (C=O) groups excluding carboxylic acids is 2. The van der Waals surface area contributed by atoms with Crippen molar-refractivity contribution in [3.05, 3.63) is 92.9 Å². The lowest BCUT2D eigenvalue weighted by Gasteiger charge is -2.18. The molecule has 2 N–H and O–H groups in total. The number of amides is 2. The number of thiazole rings is 1. The Labute approximate surface area is 188 Å². The highest BCUT2D eigenvalue weighted by Crippen LogP contribution is 2.23. The molecule has 0 aliphatic heterocycles. The highest BCUT2D eigenvalue weighted by Gasteiger charge is 2.22. The van der Waals surface area contributed by atoms with Gasteiger partial charge in [-0.1, -0.05) is 48.5 Å². The summed E-state index contributed by atoms with van der Waals surface area (Å²) < 4.78 is 0. The fraction of sp³-hybridized carbons (Fsp3) is 0.125. The van der Waals surface area contributed by atoms with Crippen LogP contribution < -0.4 is 10.6 Å².